The van der Waals surface area contributed by atoms with E-state index in [0.29, 0.717) is 0 Å². The van der Waals surface area contributed by atoms with Gasteiger partial charge >= 0.3 is 17.8 Å². The van der Waals surface area contributed by atoms with Crippen LogP contribution in [0.25, 0.3) is 0 Å². The molecule has 0 unspecified atom stereocenters. The Balaban J connectivity index is 2.05. The first-order chi connectivity index (χ1) is 13.4. The third kappa shape index (κ3) is 5.02. The molecule has 1 aromatic heterocycles. The van der Waals surface area contributed by atoms with Crippen molar-refractivity contribution in [2.45, 2.75) is 37.5 Å². The van der Waals surface area contributed by atoms with Gasteiger partial charge in [0.2, 0.25) is 5.91 Å². The molecule has 1 fully saturated rings. The van der Waals surface area contributed by atoms with E-state index in [9.17, 15) is 42.6 Å². The number of aromatic nitrogens is 2. The van der Waals surface area contributed by atoms with Crippen molar-refractivity contribution in [1.82, 2.24) is 20.2 Å². The summed E-state index contributed by atoms with van der Waals surface area (Å²) in [6.07, 6.45) is -6.56. The minimum absolute atomic E-state index is 0.174. The number of aliphatic hydroxyl groups is 2. The molecule has 14 heteroatoms. The van der Waals surface area contributed by atoms with Gasteiger partial charge in [-0.3, -0.25) is 23.9 Å². The summed E-state index contributed by atoms with van der Waals surface area (Å²) in [5.41, 5.74) is -2.98. The van der Waals surface area contributed by atoms with Gasteiger partial charge in [0.15, 0.2) is 0 Å². The van der Waals surface area contributed by atoms with Crippen LogP contribution in [0.5, 0.6) is 0 Å². The molecule has 0 radical (unpaired) electrons. The summed E-state index contributed by atoms with van der Waals surface area (Å²) in [7, 11) is 0. The predicted octanol–water partition coefficient (Wildman–Crippen LogP) is -2.35. The molecule has 0 bridgehead atoms. The lowest BCUT2D eigenvalue weighted by Gasteiger charge is -2.30. The first-order valence-corrected chi connectivity index (χ1v) is 8.30. The van der Waals surface area contributed by atoms with Crippen molar-refractivity contribution in [2.75, 3.05) is 19.7 Å². The summed E-state index contributed by atoms with van der Waals surface area (Å²) in [6.45, 7) is -0.858. The van der Waals surface area contributed by atoms with Crippen molar-refractivity contribution >= 4 is 11.8 Å². The highest BCUT2D eigenvalue weighted by Crippen LogP contribution is 2.35. The zero-order valence-electron chi connectivity index (χ0n) is 15.1. The van der Waals surface area contributed by atoms with Crippen LogP contribution in [0.2, 0.25) is 0 Å². The minimum atomic E-state index is -5.15. The molecule has 1 saturated heterocycles. The van der Waals surface area contributed by atoms with Gasteiger partial charge in [0.25, 0.3) is 5.56 Å². The van der Waals surface area contributed by atoms with Crippen LogP contribution in [-0.2, 0) is 14.3 Å². The van der Waals surface area contributed by atoms with Crippen molar-refractivity contribution in [2.24, 2.45) is 0 Å². The summed E-state index contributed by atoms with van der Waals surface area (Å²) >= 11 is 0. The summed E-state index contributed by atoms with van der Waals surface area (Å²) in [6, 6.07) is 0. The van der Waals surface area contributed by atoms with E-state index in [2.05, 4.69) is 10.3 Å². The number of carbonyl (C=O) groups is 2. The predicted molar refractivity (Wildman–Crippen MR) is 88.7 cm³/mol. The summed E-state index contributed by atoms with van der Waals surface area (Å²) < 4.78 is 42.9. The Hall–Kier alpha value is -2.71. The van der Waals surface area contributed by atoms with Crippen LogP contribution < -0.4 is 21.9 Å². The topological polar surface area (TPSA) is 163 Å². The van der Waals surface area contributed by atoms with Crippen LogP contribution in [-0.4, -0.2) is 69.2 Å². The van der Waals surface area contributed by atoms with Crippen LogP contribution in [0.1, 0.15) is 18.2 Å². The van der Waals surface area contributed by atoms with Crippen LogP contribution in [0.3, 0.4) is 0 Å². The van der Waals surface area contributed by atoms with E-state index < -0.39 is 66.9 Å². The molecule has 1 aliphatic rings. The Morgan fingerprint density at radius 3 is 2.62 bits per heavy atom. The van der Waals surface area contributed by atoms with Crippen molar-refractivity contribution in [3.8, 4) is 0 Å². The van der Waals surface area contributed by atoms with Crippen LogP contribution in [0, 0.1) is 6.92 Å². The highest BCUT2D eigenvalue weighted by Gasteiger charge is 2.49. The van der Waals surface area contributed by atoms with Crippen molar-refractivity contribution in [3.05, 3.63) is 32.6 Å². The Morgan fingerprint density at radius 2 is 2.03 bits per heavy atom. The molecular formula is C15H19F3N4O7. The molecule has 0 spiro atoms. The SMILES string of the molecule is Cc1cn([C@H]2C[C@H](O)[C@](CO)(CNC(=O)CNC(=O)C(F)(F)F)O2)c(=O)[nH]c1=O. The largest absolute Gasteiger partial charge is 0.471 e. The van der Waals surface area contributed by atoms with Crippen molar-refractivity contribution in [3.63, 3.8) is 0 Å². The number of carbonyl (C=O) groups excluding carboxylic acids is 2. The quantitative estimate of drug-likeness (QED) is 0.341. The summed E-state index contributed by atoms with van der Waals surface area (Å²) in [5, 5.41) is 23.5. The Labute approximate surface area is 160 Å². The zero-order chi connectivity index (χ0) is 22.0. The molecule has 0 saturated carbocycles. The van der Waals surface area contributed by atoms with E-state index in [-0.39, 0.29) is 12.0 Å². The highest BCUT2D eigenvalue weighted by molar-refractivity contribution is 5.87. The summed E-state index contributed by atoms with van der Waals surface area (Å²) in [5.74, 6) is -3.32. The molecule has 1 aromatic rings. The maximum Gasteiger partial charge on any atom is 0.471 e. The maximum absolute atomic E-state index is 12.1. The smallest absolute Gasteiger partial charge is 0.393 e. The number of hydrogen-bond acceptors (Lipinski definition) is 7. The number of aliphatic hydroxyl groups excluding tert-OH is 2. The van der Waals surface area contributed by atoms with Crippen molar-refractivity contribution < 1.29 is 37.7 Å². The van der Waals surface area contributed by atoms with Gasteiger partial charge in [-0.2, -0.15) is 13.2 Å². The first kappa shape index (κ1) is 22.6. The monoisotopic (exact) mass is 424 g/mol. The molecule has 0 aliphatic carbocycles. The van der Waals surface area contributed by atoms with E-state index >= 15 is 0 Å². The Bertz CT molecular complexity index is 897. The molecule has 162 valence electrons. The van der Waals surface area contributed by atoms with E-state index in [1.54, 1.807) is 0 Å². The third-order valence-corrected chi connectivity index (χ3v) is 4.38. The second-order valence-electron chi connectivity index (χ2n) is 6.48. The van der Waals surface area contributed by atoms with E-state index in [4.69, 9.17) is 4.74 Å². The number of H-pyrrole nitrogens is 1. The lowest BCUT2D eigenvalue weighted by Crippen LogP contribution is -2.54. The zero-order valence-corrected chi connectivity index (χ0v) is 15.1. The number of ether oxygens (including phenoxy) is 1. The van der Waals surface area contributed by atoms with Gasteiger partial charge in [-0.25, -0.2) is 4.79 Å². The first-order valence-electron chi connectivity index (χ1n) is 8.30. The lowest BCUT2D eigenvalue weighted by atomic mass is 9.97. The number of nitrogens with zero attached hydrogens (tertiary/aromatic N) is 1. The number of nitrogens with one attached hydrogen (secondary N) is 3. The van der Waals surface area contributed by atoms with Crippen LogP contribution in [0.15, 0.2) is 15.8 Å². The van der Waals surface area contributed by atoms with E-state index in [1.165, 1.54) is 18.4 Å². The van der Waals surface area contributed by atoms with Gasteiger partial charge in [0.05, 0.1) is 25.8 Å². The van der Waals surface area contributed by atoms with Crippen LogP contribution >= 0.6 is 0 Å². The lowest BCUT2D eigenvalue weighted by molar-refractivity contribution is -0.173. The number of hydrogen-bond donors (Lipinski definition) is 5. The second-order valence-corrected chi connectivity index (χ2v) is 6.48. The average molecular weight is 424 g/mol. The number of amides is 2. The summed E-state index contributed by atoms with van der Waals surface area (Å²) in [4.78, 5) is 47.9. The molecule has 5 N–H and O–H groups in total. The standard InChI is InChI=1S/C15H19F3N4O7/c1-7-4-22(13(28)21-11(7)26)10-2-8(24)14(6-23,29-10)5-20-9(25)3-19-12(27)15(16,17)18/h4,8,10,23-24H,2-3,5-6H2,1H3,(H,19,27)(H,20,25)(H,21,26,28)/t8-,10+,14+/m0/s1. The number of alkyl halides is 3. The Kier molecular flexibility index (Phi) is 6.50. The minimum Gasteiger partial charge on any atom is -0.393 e. The molecule has 2 rings (SSSR count). The highest BCUT2D eigenvalue weighted by atomic mass is 19.4. The molecule has 29 heavy (non-hydrogen) atoms. The number of rotatable bonds is 6. The molecule has 2 heterocycles. The maximum atomic E-state index is 12.1. The van der Waals surface area contributed by atoms with Gasteiger partial charge in [0.1, 0.15) is 11.8 Å². The van der Waals surface area contributed by atoms with Gasteiger partial charge < -0.3 is 25.6 Å². The second kappa shape index (κ2) is 8.34. The Morgan fingerprint density at radius 1 is 1.38 bits per heavy atom. The molecular weight excluding hydrogens is 405 g/mol. The van der Waals surface area contributed by atoms with Crippen LogP contribution in [0.4, 0.5) is 13.2 Å². The average Bonchev–Trinajstić information content (AvgIpc) is 2.96. The molecule has 3 atom stereocenters. The fourth-order valence-corrected chi connectivity index (χ4v) is 2.70. The third-order valence-electron chi connectivity index (χ3n) is 4.38. The fraction of sp³-hybridized carbons (Fsp3) is 0.600. The van der Waals surface area contributed by atoms with E-state index in [1.807, 2.05) is 0 Å². The molecule has 2 amide bonds. The molecule has 0 aromatic carbocycles. The normalized spacial score (nSPS) is 24.3. The van der Waals surface area contributed by atoms with Gasteiger partial charge in [0, 0.05) is 18.2 Å². The van der Waals surface area contributed by atoms with Gasteiger partial charge in [-0.15, -0.1) is 0 Å². The number of halogens is 3. The molecule has 1 aliphatic heterocycles. The molecule has 11 nitrogen and oxygen atoms in total. The van der Waals surface area contributed by atoms with Gasteiger partial charge in [-0.05, 0) is 6.92 Å². The van der Waals surface area contributed by atoms with Crippen molar-refractivity contribution in [1.29, 1.82) is 0 Å². The number of aromatic amines is 1. The van der Waals surface area contributed by atoms with Gasteiger partial charge in [-0.1, -0.05) is 0 Å². The number of aryl methyl sites for hydroxylation is 1. The fourth-order valence-electron chi connectivity index (χ4n) is 2.70. The van der Waals surface area contributed by atoms with E-state index in [0.717, 1.165) is 4.57 Å².